The van der Waals surface area contributed by atoms with Gasteiger partial charge in [-0.1, -0.05) is 27.7 Å². The largest absolute Gasteiger partial charge is 0.340 e. The van der Waals surface area contributed by atoms with E-state index in [0.717, 1.165) is 11.4 Å². The Morgan fingerprint density at radius 1 is 1.43 bits per heavy atom. The zero-order valence-electron chi connectivity index (χ0n) is 13.4. The maximum atomic E-state index is 12.3. The van der Waals surface area contributed by atoms with Crippen LogP contribution >= 0.6 is 36.2 Å². The lowest BCUT2D eigenvalue weighted by Crippen LogP contribution is -2.39. The minimum absolute atomic E-state index is 0. The number of hydrogen-bond donors (Lipinski definition) is 1. The number of nitrogens with two attached hydrogens (primary N) is 1. The second kappa shape index (κ2) is 9.62. The van der Waals surface area contributed by atoms with Crippen LogP contribution in [0.5, 0.6) is 0 Å². The fourth-order valence-electron chi connectivity index (χ4n) is 1.83. The lowest BCUT2D eigenvalue weighted by atomic mass is 9.93. The van der Waals surface area contributed by atoms with Crippen LogP contribution in [-0.2, 0) is 6.42 Å². The molecule has 1 aromatic heterocycles. The number of hydrogen-bond acceptors (Lipinski definition) is 4. The summed E-state index contributed by atoms with van der Waals surface area (Å²) in [5, 5.41) is 2.89. The number of nitrogens with zero attached hydrogens (tertiary/aromatic N) is 2. The number of rotatable bonds is 6. The van der Waals surface area contributed by atoms with Crippen molar-refractivity contribution in [1.82, 2.24) is 9.88 Å². The van der Waals surface area contributed by atoms with Crippen LogP contribution in [0.4, 0.5) is 0 Å². The van der Waals surface area contributed by atoms with Gasteiger partial charge in [0.2, 0.25) is 0 Å². The number of halogens is 2. The van der Waals surface area contributed by atoms with E-state index in [1.807, 2.05) is 5.38 Å². The van der Waals surface area contributed by atoms with E-state index in [1.54, 1.807) is 23.3 Å². The van der Waals surface area contributed by atoms with E-state index in [1.165, 1.54) is 0 Å². The SMILES string of the molecule is CC(C)Cc1nc(C(=O)N(C)CC(C)(C)CN)cs1.Cl.Cl. The van der Waals surface area contributed by atoms with Gasteiger partial charge in [0, 0.05) is 25.4 Å². The second-order valence-corrected chi connectivity index (χ2v) is 7.20. The van der Waals surface area contributed by atoms with Crippen LogP contribution in [0.25, 0.3) is 0 Å². The van der Waals surface area contributed by atoms with Crippen molar-refractivity contribution in [2.45, 2.75) is 34.1 Å². The standard InChI is InChI=1S/C14H25N3OS.2ClH/c1-10(2)6-12-16-11(7-19-12)13(18)17(5)9-14(3,4)8-15;;/h7,10H,6,8-9,15H2,1-5H3;2*1H. The number of thiazole rings is 1. The molecule has 7 heteroatoms. The van der Waals surface area contributed by atoms with Crippen LogP contribution in [0, 0.1) is 11.3 Å². The van der Waals surface area contributed by atoms with Crippen molar-refractivity contribution >= 4 is 42.1 Å². The summed E-state index contributed by atoms with van der Waals surface area (Å²) in [7, 11) is 1.81. The number of aromatic nitrogens is 1. The molecule has 1 aromatic rings. The Hall–Kier alpha value is -0.360. The third-order valence-electron chi connectivity index (χ3n) is 2.92. The predicted molar refractivity (Wildman–Crippen MR) is 94.9 cm³/mol. The molecule has 21 heavy (non-hydrogen) atoms. The number of amides is 1. The molecule has 1 rings (SSSR count). The molecule has 0 atom stereocenters. The van der Waals surface area contributed by atoms with Gasteiger partial charge in [-0.25, -0.2) is 4.98 Å². The Bertz CT molecular complexity index is 436. The Morgan fingerprint density at radius 2 is 2.00 bits per heavy atom. The zero-order valence-corrected chi connectivity index (χ0v) is 15.8. The van der Waals surface area contributed by atoms with Crippen LogP contribution in [0.15, 0.2) is 5.38 Å². The molecule has 2 N–H and O–H groups in total. The highest BCUT2D eigenvalue weighted by Crippen LogP contribution is 2.18. The van der Waals surface area contributed by atoms with Gasteiger partial charge in [0.05, 0.1) is 5.01 Å². The average Bonchev–Trinajstić information content (AvgIpc) is 2.75. The summed E-state index contributed by atoms with van der Waals surface area (Å²) >= 11 is 1.56. The Morgan fingerprint density at radius 3 is 2.48 bits per heavy atom. The molecule has 0 saturated heterocycles. The van der Waals surface area contributed by atoms with Gasteiger partial charge < -0.3 is 10.6 Å². The van der Waals surface area contributed by atoms with Crippen molar-refractivity contribution in [3.63, 3.8) is 0 Å². The highest BCUT2D eigenvalue weighted by Gasteiger charge is 2.23. The van der Waals surface area contributed by atoms with Crippen molar-refractivity contribution in [3.05, 3.63) is 16.1 Å². The summed E-state index contributed by atoms with van der Waals surface area (Å²) in [5.74, 6) is 0.538. The van der Waals surface area contributed by atoms with Gasteiger partial charge in [-0.05, 0) is 17.9 Å². The van der Waals surface area contributed by atoms with Gasteiger partial charge in [-0.15, -0.1) is 36.2 Å². The Kier molecular flexibility index (Phi) is 10.5. The van der Waals surface area contributed by atoms with Crippen molar-refractivity contribution in [3.8, 4) is 0 Å². The molecular formula is C14H27Cl2N3OS. The average molecular weight is 356 g/mol. The Labute approximate surface area is 144 Å². The van der Waals surface area contributed by atoms with E-state index in [-0.39, 0.29) is 36.1 Å². The monoisotopic (exact) mass is 355 g/mol. The first kappa shape index (κ1) is 22.9. The number of carbonyl (C=O) groups excluding carboxylic acids is 1. The van der Waals surface area contributed by atoms with Crippen molar-refractivity contribution in [2.24, 2.45) is 17.1 Å². The molecule has 0 saturated carbocycles. The summed E-state index contributed by atoms with van der Waals surface area (Å²) in [4.78, 5) is 18.4. The van der Waals surface area contributed by atoms with Crippen LogP contribution in [0.2, 0.25) is 0 Å². The maximum Gasteiger partial charge on any atom is 0.273 e. The Balaban J connectivity index is 0. The molecule has 0 radical (unpaired) electrons. The second-order valence-electron chi connectivity index (χ2n) is 6.25. The van der Waals surface area contributed by atoms with Gasteiger partial charge in [-0.3, -0.25) is 4.79 Å². The first-order chi connectivity index (χ1) is 8.75. The minimum Gasteiger partial charge on any atom is -0.340 e. The molecule has 1 amide bonds. The van der Waals surface area contributed by atoms with E-state index in [4.69, 9.17) is 5.73 Å². The van der Waals surface area contributed by atoms with Crippen molar-refractivity contribution < 1.29 is 4.79 Å². The highest BCUT2D eigenvalue weighted by atomic mass is 35.5. The van der Waals surface area contributed by atoms with Crippen LogP contribution in [0.3, 0.4) is 0 Å². The molecule has 4 nitrogen and oxygen atoms in total. The predicted octanol–water partition coefficient (Wildman–Crippen LogP) is 3.24. The molecule has 0 unspecified atom stereocenters. The van der Waals surface area contributed by atoms with E-state index >= 15 is 0 Å². The highest BCUT2D eigenvalue weighted by molar-refractivity contribution is 7.09. The van der Waals surface area contributed by atoms with Gasteiger partial charge in [0.25, 0.3) is 5.91 Å². The van der Waals surface area contributed by atoms with Crippen LogP contribution in [-0.4, -0.2) is 35.9 Å². The summed E-state index contributed by atoms with van der Waals surface area (Å²) in [5.41, 5.74) is 6.18. The van der Waals surface area contributed by atoms with Gasteiger partial charge in [-0.2, -0.15) is 0 Å². The summed E-state index contributed by atoms with van der Waals surface area (Å²) < 4.78 is 0. The molecule has 124 valence electrons. The summed E-state index contributed by atoms with van der Waals surface area (Å²) in [6, 6.07) is 0. The van der Waals surface area contributed by atoms with E-state index in [2.05, 4.69) is 32.7 Å². The molecule has 0 aliphatic heterocycles. The van der Waals surface area contributed by atoms with E-state index in [0.29, 0.717) is 24.7 Å². The third kappa shape index (κ3) is 7.45. The van der Waals surface area contributed by atoms with E-state index < -0.39 is 0 Å². The van der Waals surface area contributed by atoms with Gasteiger partial charge in [0.15, 0.2) is 0 Å². The van der Waals surface area contributed by atoms with E-state index in [9.17, 15) is 4.79 Å². The fraction of sp³-hybridized carbons (Fsp3) is 0.714. The third-order valence-corrected chi connectivity index (χ3v) is 3.79. The molecule has 0 spiro atoms. The molecule has 0 bridgehead atoms. The number of carbonyl (C=O) groups is 1. The lowest BCUT2D eigenvalue weighted by molar-refractivity contribution is 0.0735. The molecule has 0 fully saturated rings. The van der Waals surface area contributed by atoms with Crippen molar-refractivity contribution in [1.29, 1.82) is 0 Å². The van der Waals surface area contributed by atoms with Crippen LogP contribution < -0.4 is 5.73 Å². The summed E-state index contributed by atoms with van der Waals surface area (Å²) in [6.45, 7) is 9.61. The first-order valence-corrected chi connectivity index (χ1v) is 7.53. The lowest BCUT2D eigenvalue weighted by Gasteiger charge is -2.28. The van der Waals surface area contributed by atoms with Crippen LogP contribution in [0.1, 0.15) is 43.2 Å². The smallest absolute Gasteiger partial charge is 0.273 e. The molecule has 0 aliphatic carbocycles. The molecule has 0 aromatic carbocycles. The molecule has 0 aliphatic rings. The maximum absolute atomic E-state index is 12.3. The summed E-state index contributed by atoms with van der Waals surface area (Å²) in [6.07, 6.45) is 0.927. The molecular weight excluding hydrogens is 329 g/mol. The minimum atomic E-state index is -0.0683. The van der Waals surface area contributed by atoms with Crippen molar-refractivity contribution in [2.75, 3.05) is 20.1 Å². The van der Waals surface area contributed by atoms with Gasteiger partial charge in [0.1, 0.15) is 5.69 Å². The normalized spacial score (nSPS) is 10.8. The quantitative estimate of drug-likeness (QED) is 0.851. The van der Waals surface area contributed by atoms with Gasteiger partial charge >= 0.3 is 0 Å². The topological polar surface area (TPSA) is 59.2 Å². The fourth-order valence-corrected chi connectivity index (χ4v) is 2.81. The zero-order chi connectivity index (χ0) is 14.6. The molecule has 1 heterocycles. The first-order valence-electron chi connectivity index (χ1n) is 6.65.